The van der Waals surface area contributed by atoms with E-state index >= 15 is 0 Å². The first-order valence-corrected chi connectivity index (χ1v) is 7.84. The van der Waals surface area contributed by atoms with Crippen molar-refractivity contribution >= 4 is 16.7 Å². The van der Waals surface area contributed by atoms with Crippen LogP contribution in [0, 0.1) is 20.8 Å². The average Bonchev–Trinajstić information content (AvgIpc) is 2.89. The first-order valence-electron chi connectivity index (χ1n) is 7.84. The van der Waals surface area contributed by atoms with E-state index in [1.54, 1.807) is 0 Å². The Labute approximate surface area is 132 Å². The van der Waals surface area contributed by atoms with Crippen molar-refractivity contribution < 1.29 is 0 Å². The van der Waals surface area contributed by atoms with Gasteiger partial charge in [0.1, 0.15) is 5.52 Å². The van der Waals surface area contributed by atoms with Crippen molar-refractivity contribution in [3.05, 3.63) is 58.9 Å². The third-order valence-electron chi connectivity index (χ3n) is 4.26. The molecule has 0 atom stereocenters. The van der Waals surface area contributed by atoms with Crippen LogP contribution < -0.4 is 5.32 Å². The fraction of sp³-hybridized carbons (Fsp3) is 0.316. The molecule has 3 nitrogen and oxygen atoms in total. The maximum Gasteiger partial charge on any atom is 0.112 e. The van der Waals surface area contributed by atoms with Crippen LogP contribution in [0.2, 0.25) is 0 Å². The third kappa shape index (κ3) is 2.59. The second-order valence-corrected chi connectivity index (χ2v) is 5.95. The predicted molar refractivity (Wildman–Crippen MR) is 93.7 cm³/mol. The Bertz CT molecular complexity index is 798. The predicted octanol–water partition coefficient (Wildman–Crippen LogP) is 4.44. The lowest BCUT2D eigenvalue weighted by atomic mass is 10.1. The summed E-state index contributed by atoms with van der Waals surface area (Å²) in [6, 6.07) is 10.9. The van der Waals surface area contributed by atoms with Gasteiger partial charge in [0.15, 0.2) is 0 Å². The molecule has 0 amide bonds. The molecule has 0 aliphatic carbocycles. The van der Waals surface area contributed by atoms with Gasteiger partial charge >= 0.3 is 0 Å². The second kappa shape index (κ2) is 5.84. The zero-order valence-corrected chi connectivity index (χ0v) is 13.8. The lowest BCUT2D eigenvalue weighted by molar-refractivity contribution is 0.824. The van der Waals surface area contributed by atoms with Gasteiger partial charge in [-0.15, -0.1) is 0 Å². The molecule has 1 heterocycles. The summed E-state index contributed by atoms with van der Waals surface area (Å²) in [4.78, 5) is 4.65. The first kappa shape index (κ1) is 14.6. The van der Waals surface area contributed by atoms with Crippen LogP contribution in [-0.4, -0.2) is 16.1 Å². The monoisotopic (exact) mass is 293 g/mol. The zero-order valence-electron chi connectivity index (χ0n) is 13.8. The molecule has 0 bridgehead atoms. The van der Waals surface area contributed by atoms with E-state index in [2.05, 4.69) is 72.9 Å². The number of hydrogen-bond donors (Lipinski definition) is 1. The van der Waals surface area contributed by atoms with Gasteiger partial charge in [0.05, 0.1) is 17.5 Å². The molecule has 1 aromatic heterocycles. The molecular formula is C19H23N3. The lowest BCUT2D eigenvalue weighted by Gasteiger charge is -2.12. The molecule has 0 unspecified atom stereocenters. The van der Waals surface area contributed by atoms with E-state index in [4.69, 9.17) is 0 Å². The van der Waals surface area contributed by atoms with Gasteiger partial charge < -0.3 is 9.88 Å². The molecule has 0 fully saturated rings. The van der Waals surface area contributed by atoms with E-state index in [1.165, 1.54) is 33.5 Å². The second-order valence-electron chi connectivity index (χ2n) is 5.95. The van der Waals surface area contributed by atoms with Crippen molar-refractivity contribution in [2.75, 3.05) is 11.9 Å². The molecule has 114 valence electrons. The maximum absolute atomic E-state index is 4.65. The molecular weight excluding hydrogens is 270 g/mol. The molecule has 3 rings (SSSR count). The summed E-state index contributed by atoms with van der Waals surface area (Å²) in [6.07, 6.45) is 1.95. The normalized spacial score (nSPS) is 11.1. The van der Waals surface area contributed by atoms with Gasteiger partial charge in [-0.2, -0.15) is 0 Å². The van der Waals surface area contributed by atoms with E-state index in [1.807, 2.05) is 6.33 Å². The lowest BCUT2D eigenvalue weighted by Crippen LogP contribution is -2.03. The first-order chi connectivity index (χ1) is 10.6. The number of aromatic nitrogens is 2. The van der Waals surface area contributed by atoms with Gasteiger partial charge in [-0.05, 0) is 50.5 Å². The summed E-state index contributed by atoms with van der Waals surface area (Å²) in [5, 5.41) is 3.47. The number of nitrogens with zero attached hydrogens (tertiary/aromatic N) is 2. The average molecular weight is 293 g/mol. The molecule has 1 N–H and O–H groups in total. The minimum absolute atomic E-state index is 0.852. The number of imidazole rings is 1. The fourth-order valence-corrected chi connectivity index (χ4v) is 2.83. The molecule has 0 spiro atoms. The van der Waals surface area contributed by atoms with Crippen molar-refractivity contribution in [1.29, 1.82) is 0 Å². The number of rotatable bonds is 4. The van der Waals surface area contributed by atoms with Gasteiger partial charge in [0.25, 0.3) is 0 Å². The number of anilines is 1. The Morgan fingerprint density at radius 1 is 1.09 bits per heavy atom. The molecule has 0 saturated carbocycles. The van der Waals surface area contributed by atoms with Crippen molar-refractivity contribution in [2.45, 2.75) is 34.2 Å². The SMILES string of the molecule is CCNc1c(C)c(C)cc2c1ncn2Cc1ccc(C)cc1. The maximum atomic E-state index is 4.65. The third-order valence-corrected chi connectivity index (χ3v) is 4.26. The molecule has 0 radical (unpaired) electrons. The summed E-state index contributed by atoms with van der Waals surface area (Å²) < 4.78 is 2.23. The fourth-order valence-electron chi connectivity index (χ4n) is 2.83. The smallest absolute Gasteiger partial charge is 0.112 e. The van der Waals surface area contributed by atoms with Crippen LogP contribution in [0.3, 0.4) is 0 Å². The van der Waals surface area contributed by atoms with E-state index < -0.39 is 0 Å². The standard InChI is InChI=1S/C19H23N3/c1-5-20-18-15(4)14(3)10-17-19(18)21-12-22(17)11-16-8-6-13(2)7-9-16/h6-10,12,20H,5,11H2,1-4H3. The largest absolute Gasteiger partial charge is 0.383 e. The number of nitrogens with one attached hydrogen (secondary N) is 1. The highest BCUT2D eigenvalue weighted by Gasteiger charge is 2.12. The molecule has 0 aliphatic rings. The van der Waals surface area contributed by atoms with Gasteiger partial charge in [0.2, 0.25) is 0 Å². The van der Waals surface area contributed by atoms with Gasteiger partial charge in [-0.1, -0.05) is 29.8 Å². The number of hydrogen-bond acceptors (Lipinski definition) is 2. The Morgan fingerprint density at radius 2 is 1.82 bits per heavy atom. The van der Waals surface area contributed by atoms with Crippen molar-refractivity contribution in [1.82, 2.24) is 9.55 Å². The summed E-state index contributed by atoms with van der Waals surface area (Å²) in [6.45, 7) is 10.3. The summed E-state index contributed by atoms with van der Waals surface area (Å²) in [7, 11) is 0. The Morgan fingerprint density at radius 3 is 2.50 bits per heavy atom. The van der Waals surface area contributed by atoms with Crippen LogP contribution in [0.5, 0.6) is 0 Å². The van der Waals surface area contributed by atoms with Crippen LogP contribution in [0.15, 0.2) is 36.7 Å². The minimum atomic E-state index is 0.852. The van der Waals surface area contributed by atoms with Crippen LogP contribution in [0.25, 0.3) is 11.0 Å². The Hall–Kier alpha value is -2.29. The van der Waals surface area contributed by atoms with Gasteiger partial charge in [0, 0.05) is 13.1 Å². The molecule has 22 heavy (non-hydrogen) atoms. The number of fused-ring (bicyclic) bond motifs is 1. The Balaban J connectivity index is 2.06. The minimum Gasteiger partial charge on any atom is -0.383 e. The van der Waals surface area contributed by atoms with E-state index in [0.717, 1.165) is 18.6 Å². The van der Waals surface area contributed by atoms with Crippen molar-refractivity contribution in [3.63, 3.8) is 0 Å². The summed E-state index contributed by atoms with van der Waals surface area (Å²) >= 11 is 0. The van der Waals surface area contributed by atoms with E-state index in [9.17, 15) is 0 Å². The summed E-state index contributed by atoms with van der Waals surface area (Å²) in [5.74, 6) is 0. The number of benzene rings is 2. The molecule has 3 aromatic rings. The van der Waals surface area contributed by atoms with E-state index in [0.29, 0.717) is 0 Å². The highest BCUT2D eigenvalue weighted by atomic mass is 15.1. The zero-order chi connectivity index (χ0) is 15.7. The molecule has 3 heteroatoms. The van der Waals surface area contributed by atoms with E-state index in [-0.39, 0.29) is 0 Å². The van der Waals surface area contributed by atoms with Crippen LogP contribution in [0.4, 0.5) is 5.69 Å². The van der Waals surface area contributed by atoms with Crippen LogP contribution >= 0.6 is 0 Å². The van der Waals surface area contributed by atoms with Gasteiger partial charge in [-0.3, -0.25) is 0 Å². The topological polar surface area (TPSA) is 29.9 Å². The quantitative estimate of drug-likeness (QED) is 0.770. The number of aryl methyl sites for hydroxylation is 2. The Kier molecular flexibility index (Phi) is 3.88. The highest BCUT2D eigenvalue weighted by molar-refractivity contribution is 5.91. The van der Waals surface area contributed by atoms with Crippen molar-refractivity contribution in [3.8, 4) is 0 Å². The van der Waals surface area contributed by atoms with Crippen LogP contribution in [0.1, 0.15) is 29.2 Å². The highest BCUT2D eigenvalue weighted by Crippen LogP contribution is 2.29. The summed E-state index contributed by atoms with van der Waals surface area (Å²) in [5.41, 5.74) is 8.61. The van der Waals surface area contributed by atoms with Crippen molar-refractivity contribution in [2.24, 2.45) is 0 Å². The molecule has 0 aliphatic heterocycles. The molecule has 0 saturated heterocycles. The molecule has 2 aromatic carbocycles. The van der Waals surface area contributed by atoms with Crippen LogP contribution in [-0.2, 0) is 6.54 Å². The van der Waals surface area contributed by atoms with Gasteiger partial charge in [-0.25, -0.2) is 4.98 Å².